The summed E-state index contributed by atoms with van der Waals surface area (Å²) in [6.45, 7) is 0.145. The van der Waals surface area contributed by atoms with Crippen molar-refractivity contribution in [2.75, 3.05) is 0 Å². The molecular formula is C18H15BFN5S. The number of rotatable bonds is 2. The molecular weight excluding hydrogens is 348 g/mol. The molecule has 4 heterocycles. The van der Waals surface area contributed by atoms with Gasteiger partial charge >= 0.3 is 0 Å². The van der Waals surface area contributed by atoms with E-state index >= 15 is 0 Å². The highest BCUT2D eigenvalue weighted by Crippen LogP contribution is 2.37. The van der Waals surface area contributed by atoms with Crippen molar-refractivity contribution in [2.24, 2.45) is 7.05 Å². The van der Waals surface area contributed by atoms with Crippen molar-refractivity contribution in [1.29, 1.82) is 5.26 Å². The molecule has 1 atom stereocenters. The Balaban J connectivity index is 1.51. The predicted molar refractivity (Wildman–Crippen MR) is 102 cm³/mol. The lowest BCUT2D eigenvalue weighted by Crippen LogP contribution is -2.08. The van der Waals surface area contributed by atoms with E-state index in [1.807, 2.05) is 16.9 Å². The smallest absolute Gasteiger partial charge is 0.270 e. The molecule has 1 aromatic carbocycles. The summed E-state index contributed by atoms with van der Waals surface area (Å²) in [4.78, 5) is 1.95. The maximum Gasteiger partial charge on any atom is 0.270 e. The zero-order chi connectivity index (χ0) is 17.8. The lowest BCUT2D eigenvalue weighted by atomic mass is 9.50. The summed E-state index contributed by atoms with van der Waals surface area (Å²) in [5.41, 5.74) is 1.25. The Hall–Kier alpha value is -2.66. The molecule has 128 valence electrons. The number of aromatic nitrogens is 4. The standard InChI is InChI=1S/C18H15BFN5S/c1-24-8-12-4-11(5-15(20)17(12)22-24)16-6-13-9-25(23-18(13)26-16)14-2-3-19(7-14)10-21/h4-6,8-9,14H,2-3,7H2,1H3. The van der Waals surface area contributed by atoms with E-state index in [0.717, 1.165) is 45.1 Å². The molecule has 1 saturated heterocycles. The predicted octanol–water partition coefficient (Wildman–Crippen LogP) is 4.29. The fraction of sp³-hybridized carbons (Fsp3) is 0.278. The van der Waals surface area contributed by atoms with E-state index in [9.17, 15) is 4.39 Å². The molecule has 1 aliphatic heterocycles. The van der Waals surface area contributed by atoms with Gasteiger partial charge in [0, 0.05) is 47.1 Å². The van der Waals surface area contributed by atoms with Crippen LogP contribution in [0.3, 0.4) is 0 Å². The molecule has 5 nitrogen and oxygen atoms in total. The molecule has 0 radical (unpaired) electrons. The molecule has 1 unspecified atom stereocenters. The van der Waals surface area contributed by atoms with Gasteiger partial charge in [-0.1, -0.05) is 6.32 Å². The molecule has 0 aliphatic carbocycles. The normalized spacial score (nSPS) is 17.4. The molecule has 0 N–H and O–H groups in total. The van der Waals surface area contributed by atoms with Gasteiger partial charge in [-0.3, -0.25) is 9.36 Å². The molecule has 8 heteroatoms. The van der Waals surface area contributed by atoms with Crippen LogP contribution in [0, 0.1) is 17.0 Å². The van der Waals surface area contributed by atoms with Crippen LogP contribution < -0.4 is 0 Å². The van der Waals surface area contributed by atoms with Crippen LogP contribution in [-0.2, 0) is 7.05 Å². The summed E-state index contributed by atoms with van der Waals surface area (Å²) in [6.07, 6.45) is 6.71. The van der Waals surface area contributed by atoms with Crippen LogP contribution in [0.15, 0.2) is 30.6 Å². The Morgan fingerprint density at radius 2 is 2.15 bits per heavy atom. The minimum absolute atomic E-state index is 0.145. The van der Waals surface area contributed by atoms with Gasteiger partial charge in [0.05, 0.1) is 0 Å². The third-order valence-corrected chi connectivity index (χ3v) is 6.22. The van der Waals surface area contributed by atoms with Crippen molar-refractivity contribution in [3.63, 3.8) is 0 Å². The van der Waals surface area contributed by atoms with Gasteiger partial charge in [0.1, 0.15) is 10.3 Å². The number of nitriles is 1. The third kappa shape index (κ3) is 2.43. The van der Waals surface area contributed by atoms with Gasteiger partial charge in [0.2, 0.25) is 0 Å². The largest absolute Gasteiger partial charge is 0.274 e. The monoisotopic (exact) mass is 363 g/mol. The minimum Gasteiger partial charge on any atom is -0.274 e. The number of hydrogen-bond acceptors (Lipinski definition) is 4. The Morgan fingerprint density at radius 1 is 1.27 bits per heavy atom. The minimum atomic E-state index is -0.303. The Labute approximate surface area is 153 Å². The van der Waals surface area contributed by atoms with Gasteiger partial charge in [-0.25, -0.2) is 9.65 Å². The Morgan fingerprint density at radius 3 is 2.92 bits per heavy atom. The second-order valence-electron chi connectivity index (χ2n) is 6.97. The SMILES string of the molecule is Cn1cc2cc(-c3cc4cn(C5CCB(C#N)C5)nc4s3)cc(F)c2n1. The molecule has 0 spiro atoms. The van der Waals surface area contributed by atoms with Crippen molar-refractivity contribution in [3.05, 3.63) is 36.4 Å². The van der Waals surface area contributed by atoms with E-state index in [1.165, 1.54) is 0 Å². The number of hydrogen-bond donors (Lipinski definition) is 0. The molecule has 0 bridgehead atoms. The first kappa shape index (κ1) is 15.6. The molecule has 0 saturated carbocycles. The first-order chi connectivity index (χ1) is 12.6. The summed E-state index contributed by atoms with van der Waals surface area (Å²) < 4.78 is 18.0. The van der Waals surface area contributed by atoms with Gasteiger partial charge in [0.15, 0.2) is 5.82 Å². The Kier molecular flexibility index (Phi) is 3.40. The summed E-state index contributed by atoms with van der Waals surface area (Å²) in [7, 11) is 1.79. The maximum absolute atomic E-state index is 14.3. The average Bonchev–Trinajstić information content (AvgIpc) is 3.35. The number of aryl methyl sites for hydroxylation is 1. The highest BCUT2D eigenvalue weighted by Gasteiger charge is 2.30. The van der Waals surface area contributed by atoms with E-state index in [1.54, 1.807) is 29.1 Å². The van der Waals surface area contributed by atoms with Crippen molar-refractivity contribution in [3.8, 4) is 16.4 Å². The molecule has 0 amide bonds. The average molecular weight is 363 g/mol. The lowest BCUT2D eigenvalue weighted by molar-refractivity contribution is 0.500. The number of halogens is 1. The van der Waals surface area contributed by atoms with Crippen LogP contribution in [0.2, 0.25) is 12.6 Å². The van der Waals surface area contributed by atoms with Crippen LogP contribution in [0.5, 0.6) is 0 Å². The second-order valence-corrected chi connectivity index (χ2v) is 8.00. The Bertz CT molecular complexity index is 1150. The maximum atomic E-state index is 14.3. The first-order valence-corrected chi connectivity index (χ1v) is 9.44. The summed E-state index contributed by atoms with van der Waals surface area (Å²) in [5.74, 6) is 2.06. The first-order valence-electron chi connectivity index (χ1n) is 8.62. The molecule has 1 aliphatic rings. The highest BCUT2D eigenvalue weighted by molar-refractivity contribution is 7.21. The van der Waals surface area contributed by atoms with Gasteiger partial charge in [0.25, 0.3) is 6.71 Å². The van der Waals surface area contributed by atoms with Crippen molar-refractivity contribution >= 4 is 39.2 Å². The lowest BCUT2D eigenvalue weighted by Gasteiger charge is -2.08. The number of fused-ring (bicyclic) bond motifs is 2. The van der Waals surface area contributed by atoms with E-state index in [4.69, 9.17) is 10.4 Å². The van der Waals surface area contributed by atoms with Crippen LogP contribution in [-0.4, -0.2) is 26.3 Å². The third-order valence-electron chi connectivity index (χ3n) is 5.14. The molecule has 3 aromatic heterocycles. The van der Waals surface area contributed by atoms with Crippen LogP contribution >= 0.6 is 11.3 Å². The van der Waals surface area contributed by atoms with Gasteiger partial charge < -0.3 is 0 Å². The summed E-state index contributed by atoms with van der Waals surface area (Å²) in [6, 6.07) is 5.89. The van der Waals surface area contributed by atoms with Gasteiger partial charge in [-0.2, -0.15) is 10.2 Å². The number of nitrogens with zero attached hydrogens (tertiary/aromatic N) is 5. The highest BCUT2D eigenvalue weighted by atomic mass is 32.1. The summed E-state index contributed by atoms with van der Waals surface area (Å²) in [5, 5.41) is 19.8. The van der Waals surface area contributed by atoms with Crippen LogP contribution in [0.4, 0.5) is 4.39 Å². The van der Waals surface area contributed by atoms with E-state index < -0.39 is 0 Å². The topological polar surface area (TPSA) is 59.4 Å². The van der Waals surface area contributed by atoms with Gasteiger partial charge in [-0.15, -0.1) is 11.3 Å². The fourth-order valence-corrected chi connectivity index (χ4v) is 4.84. The van der Waals surface area contributed by atoms with Crippen molar-refractivity contribution in [2.45, 2.75) is 25.1 Å². The summed E-state index contributed by atoms with van der Waals surface area (Å²) >= 11 is 1.57. The zero-order valence-corrected chi connectivity index (χ0v) is 15.0. The molecule has 1 fully saturated rings. The molecule has 5 rings (SSSR count). The van der Waals surface area contributed by atoms with E-state index in [2.05, 4.69) is 23.3 Å². The van der Waals surface area contributed by atoms with Gasteiger partial charge in [-0.05, 0) is 36.5 Å². The zero-order valence-electron chi connectivity index (χ0n) is 14.2. The number of benzene rings is 1. The number of thiophene rings is 1. The second kappa shape index (κ2) is 5.68. The van der Waals surface area contributed by atoms with Crippen molar-refractivity contribution in [1.82, 2.24) is 19.6 Å². The van der Waals surface area contributed by atoms with Crippen LogP contribution in [0.25, 0.3) is 31.6 Å². The fourth-order valence-electron chi connectivity index (χ4n) is 3.84. The van der Waals surface area contributed by atoms with E-state index in [-0.39, 0.29) is 12.5 Å². The van der Waals surface area contributed by atoms with Crippen LogP contribution in [0.1, 0.15) is 12.5 Å². The molecule has 4 aromatic rings. The quantitative estimate of drug-likeness (QED) is 0.499. The van der Waals surface area contributed by atoms with E-state index in [0.29, 0.717) is 11.6 Å². The molecule has 26 heavy (non-hydrogen) atoms. The van der Waals surface area contributed by atoms with Crippen molar-refractivity contribution < 1.29 is 4.39 Å².